The van der Waals surface area contributed by atoms with E-state index >= 15 is 0 Å². The number of carbonyl (C=O) groups is 6. The molecule has 0 bridgehead atoms. The van der Waals surface area contributed by atoms with Crippen molar-refractivity contribution in [1.82, 2.24) is 21.3 Å². The van der Waals surface area contributed by atoms with E-state index in [0.717, 1.165) is 0 Å². The smallest absolute Gasteiger partial charge is 0.325 e. The van der Waals surface area contributed by atoms with Gasteiger partial charge in [0.1, 0.15) is 29.8 Å². The summed E-state index contributed by atoms with van der Waals surface area (Å²) in [5.74, 6) is -5.04. The van der Waals surface area contributed by atoms with Crippen LogP contribution in [0.5, 0.6) is 0 Å². The van der Waals surface area contributed by atoms with Crippen molar-refractivity contribution in [2.45, 2.75) is 104 Å². The Hall–Kier alpha value is -3.22. The van der Waals surface area contributed by atoms with Crippen molar-refractivity contribution in [3.8, 4) is 0 Å². The van der Waals surface area contributed by atoms with Gasteiger partial charge in [-0.3, -0.25) is 28.8 Å². The standard InChI is InChI=1S/C23H40N4O9/c1-12(18(30)25-13(2)21(33)34)24-19(31)15(10-17(29)36-23(7,8)9)27-20(32)16(26-14(3)28)11-35-22(4,5)6/h12-13,15-16H,10-11H2,1-9H3,(H,24,31)(H,25,30)(H,26,28)(H,27,32)(H,33,34)/t12-,13-,15-,16-/m0/s1. The molecule has 0 aliphatic heterocycles. The molecule has 5 N–H and O–H groups in total. The van der Waals surface area contributed by atoms with Crippen LogP contribution < -0.4 is 21.3 Å². The van der Waals surface area contributed by atoms with Gasteiger partial charge in [-0.05, 0) is 55.4 Å². The molecule has 0 aromatic rings. The van der Waals surface area contributed by atoms with Crippen molar-refractivity contribution < 1.29 is 43.3 Å². The van der Waals surface area contributed by atoms with Gasteiger partial charge in [0.25, 0.3) is 0 Å². The average molecular weight is 517 g/mol. The molecule has 13 nitrogen and oxygen atoms in total. The van der Waals surface area contributed by atoms with Gasteiger partial charge in [-0.2, -0.15) is 0 Å². The molecular formula is C23H40N4O9. The van der Waals surface area contributed by atoms with Gasteiger partial charge < -0.3 is 35.8 Å². The quantitative estimate of drug-likeness (QED) is 0.215. The van der Waals surface area contributed by atoms with Gasteiger partial charge in [-0.25, -0.2) is 0 Å². The fourth-order valence-corrected chi connectivity index (χ4v) is 2.57. The number of nitrogens with one attached hydrogen (secondary N) is 4. The first-order valence-corrected chi connectivity index (χ1v) is 11.5. The highest BCUT2D eigenvalue weighted by molar-refractivity contribution is 5.96. The second-order valence-corrected chi connectivity index (χ2v) is 10.3. The number of hydrogen-bond acceptors (Lipinski definition) is 8. The minimum Gasteiger partial charge on any atom is -0.480 e. The number of carboxylic acids is 1. The molecular weight excluding hydrogens is 476 g/mol. The van der Waals surface area contributed by atoms with E-state index in [-0.39, 0.29) is 6.61 Å². The molecule has 0 aliphatic rings. The highest BCUT2D eigenvalue weighted by atomic mass is 16.6. The van der Waals surface area contributed by atoms with Gasteiger partial charge in [0, 0.05) is 6.92 Å². The third kappa shape index (κ3) is 14.2. The van der Waals surface area contributed by atoms with Crippen molar-refractivity contribution in [2.24, 2.45) is 0 Å². The van der Waals surface area contributed by atoms with Crippen LogP contribution >= 0.6 is 0 Å². The van der Waals surface area contributed by atoms with E-state index < -0.39 is 77.4 Å². The predicted molar refractivity (Wildman–Crippen MR) is 129 cm³/mol. The van der Waals surface area contributed by atoms with Crippen molar-refractivity contribution >= 4 is 35.6 Å². The first kappa shape index (κ1) is 32.8. The molecule has 206 valence electrons. The average Bonchev–Trinajstić information content (AvgIpc) is 2.67. The Bertz CT molecular complexity index is 830. The SMILES string of the molecule is CC(=O)N[C@@H](COC(C)(C)C)C(=O)N[C@@H](CC(=O)OC(C)(C)C)C(=O)N[C@@H](C)C(=O)N[C@@H](C)C(=O)O. The lowest BCUT2D eigenvalue weighted by Gasteiger charge is -2.27. The van der Waals surface area contributed by atoms with Crippen LogP contribution in [0.3, 0.4) is 0 Å². The molecule has 0 aromatic heterocycles. The topological polar surface area (TPSA) is 189 Å². The molecule has 0 radical (unpaired) electrons. The molecule has 36 heavy (non-hydrogen) atoms. The minimum absolute atomic E-state index is 0.207. The van der Waals surface area contributed by atoms with E-state index in [2.05, 4.69) is 21.3 Å². The summed E-state index contributed by atoms with van der Waals surface area (Å²) in [4.78, 5) is 73.1. The zero-order chi connectivity index (χ0) is 28.4. The summed E-state index contributed by atoms with van der Waals surface area (Å²) in [7, 11) is 0. The fourth-order valence-electron chi connectivity index (χ4n) is 2.57. The van der Waals surface area contributed by atoms with E-state index in [0.29, 0.717) is 0 Å². The van der Waals surface area contributed by atoms with Crippen molar-refractivity contribution in [3.63, 3.8) is 0 Å². The minimum atomic E-state index is -1.47. The second-order valence-electron chi connectivity index (χ2n) is 10.3. The van der Waals surface area contributed by atoms with Crippen molar-refractivity contribution in [3.05, 3.63) is 0 Å². The summed E-state index contributed by atoms with van der Waals surface area (Å²) in [6.07, 6.45) is -0.568. The number of carbonyl (C=O) groups excluding carboxylic acids is 5. The van der Waals surface area contributed by atoms with Gasteiger partial charge in [-0.1, -0.05) is 0 Å². The van der Waals surface area contributed by atoms with Crippen molar-refractivity contribution in [2.75, 3.05) is 6.61 Å². The van der Waals surface area contributed by atoms with E-state index in [1.807, 2.05) is 0 Å². The molecule has 0 aliphatic carbocycles. The number of amides is 4. The molecule has 4 amide bonds. The highest BCUT2D eigenvalue weighted by Crippen LogP contribution is 2.11. The highest BCUT2D eigenvalue weighted by Gasteiger charge is 2.32. The van der Waals surface area contributed by atoms with Gasteiger partial charge in [-0.15, -0.1) is 0 Å². The molecule has 4 atom stereocenters. The van der Waals surface area contributed by atoms with Gasteiger partial charge in [0.05, 0.1) is 18.6 Å². The molecule has 0 saturated heterocycles. The lowest BCUT2D eigenvalue weighted by atomic mass is 10.1. The molecule has 0 spiro atoms. The number of carboxylic acid groups (broad SMARTS) is 1. The fraction of sp³-hybridized carbons (Fsp3) is 0.739. The number of hydrogen-bond donors (Lipinski definition) is 5. The zero-order valence-corrected chi connectivity index (χ0v) is 22.4. The first-order valence-electron chi connectivity index (χ1n) is 11.5. The van der Waals surface area contributed by atoms with Gasteiger partial charge >= 0.3 is 11.9 Å². The van der Waals surface area contributed by atoms with Crippen LogP contribution in [0.1, 0.15) is 68.7 Å². The normalized spacial score (nSPS) is 14.9. The van der Waals surface area contributed by atoms with E-state index in [9.17, 15) is 28.8 Å². The van der Waals surface area contributed by atoms with Crippen LogP contribution in [-0.2, 0) is 38.2 Å². The Morgan fingerprint density at radius 3 is 1.67 bits per heavy atom. The maximum atomic E-state index is 12.9. The van der Waals surface area contributed by atoms with Crippen LogP contribution in [0.2, 0.25) is 0 Å². The zero-order valence-electron chi connectivity index (χ0n) is 22.4. The van der Waals surface area contributed by atoms with Crippen LogP contribution in [0, 0.1) is 0 Å². The lowest BCUT2D eigenvalue weighted by molar-refractivity contribution is -0.156. The first-order chi connectivity index (χ1) is 16.2. The summed E-state index contributed by atoms with van der Waals surface area (Å²) in [5, 5.41) is 18.3. The number of esters is 1. The Labute approximate surface area is 211 Å². The molecule has 13 heteroatoms. The summed E-state index contributed by atoms with van der Waals surface area (Å²) in [6, 6.07) is -5.03. The largest absolute Gasteiger partial charge is 0.480 e. The summed E-state index contributed by atoms with van der Waals surface area (Å²) >= 11 is 0. The summed E-state index contributed by atoms with van der Waals surface area (Å²) in [6.45, 7) is 13.7. The molecule has 0 rings (SSSR count). The summed E-state index contributed by atoms with van der Waals surface area (Å²) in [5.41, 5.74) is -1.48. The Morgan fingerprint density at radius 1 is 0.722 bits per heavy atom. The number of aliphatic carboxylic acids is 1. The Kier molecular flexibility index (Phi) is 12.5. The van der Waals surface area contributed by atoms with E-state index in [4.69, 9.17) is 14.6 Å². The monoisotopic (exact) mass is 516 g/mol. The van der Waals surface area contributed by atoms with Crippen molar-refractivity contribution in [1.29, 1.82) is 0 Å². The van der Waals surface area contributed by atoms with Crippen LogP contribution in [-0.4, -0.2) is 82.7 Å². The molecule has 0 saturated carbocycles. The molecule has 0 fully saturated rings. The Morgan fingerprint density at radius 2 is 1.22 bits per heavy atom. The number of rotatable bonds is 12. The third-order valence-corrected chi connectivity index (χ3v) is 4.28. The van der Waals surface area contributed by atoms with Crippen LogP contribution in [0.25, 0.3) is 0 Å². The lowest BCUT2D eigenvalue weighted by Crippen LogP contribution is -2.58. The Balaban J connectivity index is 5.67. The molecule has 0 unspecified atom stereocenters. The van der Waals surface area contributed by atoms with Gasteiger partial charge in [0.15, 0.2) is 0 Å². The van der Waals surface area contributed by atoms with E-state index in [1.54, 1.807) is 41.5 Å². The second kappa shape index (κ2) is 13.8. The maximum absolute atomic E-state index is 12.9. The third-order valence-electron chi connectivity index (χ3n) is 4.28. The molecule has 0 aromatic carbocycles. The number of ether oxygens (including phenoxy) is 2. The molecule has 0 heterocycles. The summed E-state index contributed by atoms with van der Waals surface area (Å²) < 4.78 is 10.8. The van der Waals surface area contributed by atoms with E-state index in [1.165, 1.54) is 20.8 Å². The predicted octanol–water partition coefficient (Wildman–Crippen LogP) is -0.383. The van der Waals surface area contributed by atoms with Crippen LogP contribution in [0.4, 0.5) is 0 Å². The van der Waals surface area contributed by atoms with Gasteiger partial charge in [0.2, 0.25) is 23.6 Å². The van der Waals surface area contributed by atoms with Crippen LogP contribution in [0.15, 0.2) is 0 Å². The maximum Gasteiger partial charge on any atom is 0.325 e.